The maximum absolute atomic E-state index is 12.6. The van der Waals surface area contributed by atoms with Crippen LogP contribution in [0.25, 0.3) is 0 Å². The summed E-state index contributed by atoms with van der Waals surface area (Å²) in [6.07, 6.45) is 3.79. The molecule has 0 radical (unpaired) electrons. The molecule has 1 amide bonds. The first kappa shape index (κ1) is 27.5. The Kier molecular flexibility index (Phi) is 12.3. The van der Waals surface area contributed by atoms with Crippen molar-refractivity contribution in [1.29, 1.82) is 0 Å². The number of nitrogens with zero attached hydrogens (tertiary/aromatic N) is 3. The van der Waals surface area contributed by atoms with Gasteiger partial charge in [-0.25, -0.2) is 4.99 Å². The highest BCUT2D eigenvalue weighted by molar-refractivity contribution is 14.0. The first-order valence-electron chi connectivity index (χ1n) is 11.5. The quantitative estimate of drug-likeness (QED) is 0.294. The minimum Gasteiger partial charge on any atom is -0.378 e. The van der Waals surface area contributed by atoms with E-state index in [0.717, 1.165) is 51.3 Å². The summed E-state index contributed by atoms with van der Waals surface area (Å²) in [7, 11) is 4.12. The summed E-state index contributed by atoms with van der Waals surface area (Å²) in [5, 5.41) is 6.96. The van der Waals surface area contributed by atoms with E-state index in [4.69, 9.17) is 4.99 Å². The van der Waals surface area contributed by atoms with Crippen LogP contribution in [0, 0.1) is 12.8 Å². The molecule has 0 saturated carbocycles. The lowest BCUT2D eigenvalue weighted by Gasteiger charge is -2.34. The molecular formula is C24H42IN5O. The monoisotopic (exact) mass is 543 g/mol. The Hall–Kier alpha value is -1.51. The molecule has 1 saturated heterocycles. The number of aryl methyl sites for hydroxylation is 1. The Morgan fingerprint density at radius 1 is 1.19 bits per heavy atom. The number of piperidine rings is 1. The second kappa shape index (κ2) is 13.8. The molecule has 1 aromatic carbocycles. The van der Waals surface area contributed by atoms with Gasteiger partial charge < -0.3 is 20.4 Å². The molecule has 0 bridgehead atoms. The number of amides is 1. The van der Waals surface area contributed by atoms with Crippen molar-refractivity contribution in [1.82, 2.24) is 15.5 Å². The number of hydrogen-bond acceptors (Lipinski definition) is 3. The molecule has 176 valence electrons. The fourth-order valence-electron chi connectivity index (χ4n) is 3.95. The number of carbonyl (C=O) groups excluding carboxylic acids is 1. The van der Waals surface area contributed by atoms with Gasteiger partial charge in [0.25, 0.3) is 0 Å². The van der Waals surface area contributed by atoms with E-state index in [9.17, 15) is 4.79 Å². The molecule has 7 heteroatoms. The number of halogens is 1. The molecular weight excluding hydrogens is 501 g/mol. The predicted octanol–water partition coefficient (Wildman–Crippen LogP) is 4.16. The molecule has 1 aliphatic rings. The topological polar surface area (TPSA) is 60.0 Å². The second-order valence-corrected chi connectivity index (χ2v) is 8.46. The summed E-state index contributed by atoms with van der Waals surface area (Å²) in [6.45, 7) is 11.6. The number of carbonyl (C=O) groups is 1. The standard InChI is InChI=1S/C24H41N5O.HI/c1-7-19(8-2)23(30)29-14-12-21(13-15-29)27-24(25-9-3)26-17-20-10-11-22(28(5)6)16-18(20)4;/h10-11,16,19,21H,7-9,12-15,17H2,1-6H3,(H2,25,26,27);1H. The highest BCUT2D eigenvalue weighted by Crippen LogP contribution is 2.19. The van der Waals surface area contributed by atoms with Crippen LogP contribution in [0.15, 0.2) is 23.2 Å². The molecule has 1 aliphatic heterocycles. The minimum atomic E-state index is 0. The van der Waals surface area contributed by atoms with Crippen LogP contribution in [0.2, 0.25) is 0 Å². The van der Waals surface area contributed by atoms with Crippen LogP contribution in [-0.2, 0) is 11.3 Å². The predicted molar refractivity (Wildman–Crippen MR) is 143 cm³/mol. The van der Waals surface area contributed by atoms with E-state index in [1.807, 2.05) is 0 Å². The lowest BCUT2D eigenvalue weighted by Crippen LogP contribution is -2.50. The zero-order chi connectivity index (χ0) is 22.1. The first-order chi connectivity index (χ1) is 14.4. The van der Waals surface area contributed by atoms with Gasteiger partial charge in [-0.1, -0.05) is 19.9 Å². The average Bonchev–Trinajstić information content (AvgIpc) is 2.74. The Bertz CT molecular complexity index is 710. The van der Waals surface area contributed by atoms with Gasteiger partial charge in [0.2, 0.25) is 5.91 Å². The number of aliphatic imine (C=N–C) groups is 1. The number of likely N-dealkylation sites (tertiary alicyclic amines) is 1. The van der Waals surface area contributed by atoms with Crippen molar-refractivity contribution in [3.63, 3.8) is 0 Å². The average molecular weight is 544 g/mol. The molecule has 0 unspecified atom stereocenters. The minimum absolute atomic E-state index is 0. The maximum Gasteiger partial charge on any atom is 0.225 e. The molecule has 1 fully saturated rings. The molecule has 1 aromatic rings. The van der Waals surface area contributed by atoms with E-state index in [0.29, 0.717) is 18.5 Å². The van der Waals surface area contributed by atoms with Crippen molar-refractivity contribution < 1.29 is 4.79 Å². The smallest absolute Gasteiger partial charge is 0.225 e. The van der Waals surface area contributed by atoms with Crippen molar-refractivity contribution >= 4 is 41.5 Å². The third-order valence-electron chi connectivity index (χ3n) is 6.08. The molecule has 0 aliphatic carbocycles. The molecule has 2 N–H and O–H groups in total. The molecule has 0 aromatic heterocycles. The van der Waals surface area contributed by atoms with Crippen molar-refractivity contribution in [3.05, 3.63) is 29.3 Å². The van der Waals surface area contributed by atoms with E-state index in [2.05, 4.69) is 80.4 Å². The molecule has 0 atom stereocenters. The Labute approximate surface area is 206 Å². The van der Waals surface area contributed by atoms with Gasteiger partial charge in [-0.2, -0.15) is 0 Å². The van der Waals surface area contributed by atoms with E-state index in [-0.39, 0.29) is 29.9 Å². The largest absolute Gasteiger partial charge is 0.378 e. The first-order valence-corrected chi connectivity index (χ1v) is 11.5. The van der Waals surface area contributed by atoms with Gasteiger partial charge in [0.15, 0.2) is 5.96 Å². The molecule has 2 rings (SSSR count). The number of benzene rings is 1. The van der Waals surface area contributed by atoms with Crippen molar-refractivity contribution in [2.45, 2.75) is 66.0 Å². The van der Waals surface area contributed by atoms with E-state index in [1.165, 1.54) is 16.8 Å². The van der Waals surface area contributed by atoms with Crippen LogP contribution >= 0.6 is 24.0 Å². The van der Waals surface area contributed by atoms with Crippen molar-refractivity contribution in [2.24, 2.45) is 10.9 Å². The summed E-state index contributed by atoms with van der Waals surface area (Å²) in [5.41, 5.74) is 3.71. The Morgan fingerprint density at radius 3 is 2.35 bits per heavy atom. The van der Waals surface area contributed by atoms with Gasteiger partial charge in [-0.15, -0.1) is 24.0 Å². The fourth-order valence-corrected chi connectivity index (χ4v) is 3.95. The van der Waals surface area contributed by atoms with Gasteiger partial charge in [-0.05, 0) is 62.8 Å². The zero-order valence-corrected chi connectivity index (χ0v) is 22.5. The van der Waals surface area contributed by atoms with Crippen LogP contribution in [0.4, 0.5) is 5.69 Å². The molecule has 0 spiro atoms. The van der Waals surface area contributed by atoms with Crippen LogP contribution in [0.1, 0.15) is 57.6 Å². The third-order valence-corrected chi connectivity index (χ3v) is 6.08. The van der Waals surface area contributed by atoms with Gasteiger partial charge in [0, 0.05) is 51.4 Å². The third kappa shape index (κ3) is 8.16. The lowest BCUT2D eigenvalue weighted by molar-refractivity contribution is -0.136. The van der Waals surface area contributed by atoms with Gasteiger partial charge in [0.1, 0.15) is 0 Å². The van der Waals surface area contributed by atoms with Crippen LogP contribution < -0.4 is 15.5 Å². The normalized spacial score (nSPS) is 14.9. The van der Waals surface area contributed by atoms with Crippen molar-refractivity contribution in [3.8, 4) is 0 Å². The van der Waals surface area contributed by atoms with Crippen LogP contribution in [0.3, 0.4) is 0 Å². The van der Waals surface area contributed by atoms with E-state index in [1.54, 1.807) is 0 Å². The number of hydrogen-bond donors (Lipinski definition) is 2. The second-order valence-electron chi connectivity index (χ2n) is 8.46. The Balaban J connectivity index is 0.00000480. The summed E-state index contributed by atoms with van der Waals surface area (Å²) in [6, 6.07) is 6.87. The zero-order valence-electron chi connectivity index (χ0n) is 20.2. The Morgan fingerprint density at radius 2 is 1.84 bits per heavy atom. The van der Waals surface area contributed by atoms with Gasteiger partial charge in [-0.3, -0.25) is 4.79 Å². The molecule has 31 heavy (non-hydrogen) atoms. The van der Waals surface area contributed by atoms with Crippen LogP contribution in [0.5, 0.6) is 0 Å². The highest BCUT2D eigenvalue weighted by atomic mass is 127. The maximum atomic E-state index is 12.6. The summed E-state index contributed by atoms with van der Waals surface area (Å²) < 4.78 is 0. The van der Waals surface area contributed by atoms with Gasteiger partial charge in [0.05, 0.1) is 6.54 Å². The fraction of sp³-hybridized carbons (Fsp3) is 0.667. The van der Waals surface area contributed by atoms with E-state index < -0.39 is 0 Å². The highest BCUT2D eigenvalue weighted by Gasteiger charge is 2.26. The van der Waals surface area contributed by atoms with Gasteiger partial charge >= 0.3 is 0 Å². The summed E-state index contributed by atoms with van der Waals surface area (Å²) in [5.74, 6) is 1.37. The summed E-state index contributed by atoms with van der Waals surface area (Å²) >= 11 is 0. The number of rotatable bonds is 8. The molecule has 1 heterocycles. The van der Waals surface area contributed by atoms with Crippen molar-refractivity contribution in [2.75, 3.05) is 38.6 Å². The SMILES string of the molecule is CCNC(=NCc1ccc(N(C)C)cc1C)NC1CCN(C(=O)C(CC)CC)CC1.I. The number of nitrogens with one attached hydrogen (secondary N) is 2. The van der Waals surface area contributed by atoms with Crippen LogP contribution in [-0.4, -0.2) is 56.5 Å². The van der Waals surface area contributed by atoms with E-state index >= 15 is 0 Å². The number of anilines is 1. The number of guanidine groups is 1. The molecule has 6 nitrogen and oxygen atoms in total. The summed E-state index contributed by atoms with van der Waals surface area (Å²) in [4.78, 5) is 21.6. The lowest BCUT2D eigenvalue weighted by atomic mass is 9.98.